The smallest absolute Gasteiger partial charge is 0.203 e. The third-order valence-corrected chi connectivity index (χ3v) is 5.41. The van der Waals surface area contributed by atoms with Gasteiger partial charge in [-0.15, -0.1) is 0 Å². The van der Waals surface area contributed by atoms with E-state index in [1.54, 1.807) is 0 Å². The molecule has 0 unspecified atom stereocenters. The summed E-state index contributed by atoms with van der Waals surface area (Å²) in [5.41, 5.74) is 1.49. The summed E-state index contributed by atoms with van der Waals surface area (Å²) in [6, 6.07) is 0. The zero-order valence-electron chi connectivity index (χ0n) is 11.4. The molecule has 0 saturated heterocycles. The number of aromatic nitrogens is 2. The quantitative estimate of drug-likeness (QED) is 0.867. The van der Waals surface area contributed by atoms with Gasteiger partial charge in [-0.05, 0) is 63.2 Å². The second kappa shape index (κ2) is 3.52. The molecule has 4 saturated carbocycles. The maximum Gasteiger partial charge on any atom is 0.203 e. The highest BCUT2D eigenvalue weighted by Gasteiger charge is 2.51. The number of imidazole rings is 1. The Labute approximate surface area is 109 Å². The van der Waals surface area contributed by atoms with Crippen LogP contribution in [0.2, 0.25) is 0 Å². The van der Waals surface area contributed by atoms with Gasteiger partial charge in [-0.3, -0.25) is 0 Å². The van der Waals surface area contributed by atoms with Gasteiger partial charge in [0.25, 0.3) is 0 Å². The van der Waals surface area contributed by atoms with Crippen LogP contribution >= 0.6 is 0 Å². The number of aryl methyl sites for hydroxylation is 2. The highest BCUT2D eigenvalue weighted by Crippen LogP contribution is 2.56. The molecule has 1 N–H and O–H groups in total. The molecular weight excluding hydrogens is 222 g/mol. The molecular formula is C15H23N3. The molecule has 1 aromatic heterocycles. The topological polar surface area (TPSA) is 29.9 Å². The van der Waals surface area contributed by atoms with Gasteiger partial charge >= 0.3 is 0 Å². The van der Waals surface area contributed by atoms with Crippen molar-refractivity contribution in [3.8, 4) is 0 Å². The highest BCUT2D eigenvalue weighted by molar-refractivity contribution is 5.34. The molecule has 0 amide bonds. The van der Waals surface area contributed by atoms with Crippen LogP contribution in [-0.2, 0) is 7.05 Å². The number of rotatable bonds is 2. The Balaban J connectivity index is 1.62. The van der Waals surface area contributed by atoms with Gasteiger partial charge < -0.3 is 9.88 Å². The molecule has 0 spiro atoms. The molecule has 0 aromatic carbocycles. The number of nitrogens with one attached hydrogen (secondary N) is 1. The van der Waals surface area contributed by atoms with Crippen molar-refractivity contribution in [1.82, 2.24) is 9.55 Å². The normalized spacial score (nSPS) is 41.3. The van der Waals surface area contributed by atoms with Gasteiger partial charge in [-0.1, -0.05) is 0 Å². The van der Waals surface area contributed by atoms with Crippen LogP contribution in [0.5, 0.6) is 0 Å². The maximum absolute atomic E-state index is 4.64. The number of hydrogen-bond donors (Lipinski definition) is 1. The standard InChI is InChI=1S/C15H23N3/c1-10-9-18(2)14(16-10)17-15-6-11-3-12(7-15)5-13(4-11)8-15/h9,11-13H,3-8H2,1-2H3,(H,16,17). The van der Waals surface area contributed by atoms with Gasteiger partial charge in [0.05, 0.1) is 5.69 Å². The summed E-state index contributed by atoms with van der Waals surface area (Å²) in [5, 5.41) is 3.83. The first kappa shape index (κ1) is 10.9. The van der Waals surface area contributed by atoms with Crippen LogP contribution in [0.1, 0.15) is 44.2 Å². The van der Waals surface area contributed by atoms with Gasteiger partial charge in [0.15, 0.2) is 0 Å². The Kier molecular flexibility index (Phi) is 2.13. The lowest BCUT2D eigenvalue weighted by atomic mass is 9.53. The SMILES string of the molecule is Cc1cn(C)c(NC23CC4CC(CC(C4)C2)C3)n1. The fourth-order valence-corrected chi connectivity index (χ4v) is 5.23. The predicted molar refractivity (Wildman–Crippen MR) is 72.5 cm³/mol. The van der Waals surface area contributed by atoms with Crippen molar-refractivity contribution in [2.45, 2.75) is 51.0 Å². The van der Waals surface area contributed by atoms with E-state index in [9.17, 15) is 0 Å². The fourth-order valence-electron chi connectivity index (χ4n) is 5.23. The van der Waals surface area contributed by atoms with Crippen LogP contribution in [0.4, 0.5) is 5.95 Å². The summed E-state index contributed by atoms with van der Waals surface area (Å²) >= 11 is 0. The Bertz CT molecular complexity index is 439. The molecule has 18 heavy (non-hydrogen) atoms. The van der Waals surface area contributed by atoms with Crippen molar-refractivity contribution >= 4 is 5.95 Å². The average molecular weight is 245 g/mol. The van der Waals surface area contributed by atoms with Crippen LogP contribution in [0, 0.1) is 24.7 Å². The van der Waals surface area contributed by atoms with E-state index in [2.05, 4.69) is 35.0 Å². The van der Waals surface area contributed by atoms with Crippen LogP contribution in [0.25, 0.3) is 0 Å². The summed E-state index contributed by atoms with van der Waals surface area (Å²) in [7, 11) is 2.10. The molecule has 3 nitrogen and oxygen atoms in total. The van der Waals surface area contributed by atoms with Gasteiger partial charge in [0, 0.05) is 18.8 Å². The molecule has 3 heteroatoms. The van der Waals surface area contributed by atoms with E-state index in [0.29, 0.717) is 5.54 Å². The zero-order valence-corrected chi connectivity index (χ0v) is 11.4. The third-order valence-electron chi connectivity index (χ3n) is 5.41. The molecule has 1 aromatic rings. The Hall–Kier alpha value is -0.990. The molecule has 4 aliphatic rings. The van der Waals surface area contributed by atoms with Gasteiger partial charge in [-0.2, -0.15) is 0 Å². The van der Waals surface area contributed by atoms with Gasteiger partial charge in [-0.25, -0.2) is 4.98 Å². The van der Waals surface area contributed by atoms with E-state index < -0.39 is 0 Å². The van der Waals surface area contributed by atoms with E-state index in [1.807, 2.05) is 0 Å². The van der Waals surface area contributed by atoms with Crippen molar-refractivity contribution in [1.29, 1.82) is 0 Å². The molecule has 0 aliphatic heterocycles. The largest absolute Gasteiger partial charge is 0.350 e. The van der Waals surface area contributed by atoms with E-state index >= 15 is 0 Å². The summed E-state index contributed by atoms with van der Waals surface area (Å²) in [6.07, 6.45) is 10.8. The Morgan fingerprint density at radius 2 is 1.72 bits per heavy atom. The van der Waals surface area contributed by atoms with E-state index in [-0.39, 0.29) is 0 Å². The zero-order chi connectivity index (χ0) is 12.3. The summed E-state index contributed by atoms with van der Waals surface area (Å²) in [4.78, 5) is 4.64. The van der Waals surface area contributed by atoms with Crippen molar-refractivity contribution in [2.75, 3.05) is 5.32 Å². The average Bonchev–Trinajstić information content (AvgIpc) is 2.54. The first-order chi connectivity index (χ1) is 8.62. The number of hydrogen-bond acceptors (Lipinski definition) is 2. The van der Waals surface area contributed by atoms with E-state index in [0.717, 1.165) is 29.4 Å². The van der Waals surface area contributed by atoms with Gasteiger partial charge in [0.2, 0.25) is 5.95 Å². The minimum Gasteiger partial charge on any atom is -0.350 e. The van der Waals surface area contributed by atoms with Crippen LogP contribution < -0.4 is 5.32 Å². The summed E-state index contributed by atoms with van der Waals surface area (Å²) < 4.78 is 2.15. The van der Waals surface area contributed by atoms with Crippen LogP contribution in [0.3, 0.4) is 0 Å². The van der Waals surface area contributed by atoms with Crippen LogP contribution in [0.15, 0.2) is 6.20 Å². The van der Waals surface area contributed by atoms with E-state index in [1.165, 1.54) is 38.5 Å². The van der Waals surface area contributed by atoms with Crippen molar-refractivity contribution in [2.24, 2.45) is 24.8 Å². The first-order valence-corrected chi connectivity index (χ1v) is 7.40. The lowest BCUT2D eigenvalue weighted by molar-refractivity contribution is 0.0102. The molecule has 4 bridgehead atoms. The van der Waals surface area contributed by atoms with Crippen molar-refractivity contribution < 1.29 is 0 Å². The number of anilines is 1. The second-order valence-electron chi connectivity index (χ2n) is 7.14. The monoisotopic (exact) mass is 245 g/mol. The summed E-state index contributed by atoms with van der Waals surface area (Å²) in [5.74, 6) is 4.05. The minimum atomic E-state index is 0.375. The Morgan fingerprint density at radius 1 is 1.17 bits per heavy atom. The van der Waals surface area contributed by atoms with Crippen LogP contribution in [-0.4, -0.2) is 15.1 Å². The highest BCUT2D eigenvalue weighted by atomic mass is 15.2. The predicted octanol–water partition coefficient (Wildman–Crippen LogP) is 3.11. The maximum atomic E-state index is 4.64. The fraction of sp³-hybridized carbons (Fsp3) is 0.800. The molecule has 5 rings (SSSR count). The molecule has 4 aliphatic carbocycles. The minimum absolute atomic E-state index is 0.375. The number of nitrogens with zero attached hydrogens (tertiary/aromatic N) is 2. The lowest BCUT2D eigenvalue weighted by Gasteiger charge is -2.57. The summed E-state index contributed by atoms with van der Waals surface area (Å²) in [6.45, 7) is 2.07. The molecule has 98 valence electrons. The first-order valence-electron chi connectivity index (χ1n) is 7.40. The van der Waals surface area contributed by atoms with Crippen molar-refractivity contribution in [3.63, 3.8) is 0 Å². The van der Waals surface area contributed by atoms with Crippen molar-refractivity contribution in [3.05, 3.63) is 11.9 Å². The molecule has 0 radical (unpaired) electrons. The molecule has 1 heterocycles. The Morgan fingerprint density at radius 3 is 2.17 bits per heavy atom. The van der Waals surface area contributed by atoms with Gasteiger partial charge in [0.1, 0.15) is 0 Å². The van der Waals surface area contributed by atoms with E-state index in [4.69, 9.17) is 0 Å². The molecule has 0 atom stereocenters. The third kappa shape index (κ3) is 1.59. The lowest BCUT2D eigenvalue weighted by Crippen LogP contribution is -2.55. The second-order valence-corrected chi connectivity index (χ2v) is 7.14. The molecule has 4 fully saturated rings.